The second-order valence-electron chi connectivity index (χ2n) is 1.85. The average molecular weight is 144 g/mol. The van der Waals surface area contributed by atoms with Crippen molar-refractivity contribution in [1.82, 2.24) is 10.6 Å². The highest BCUT2D eigenvalue weighted by Gasteiger charge is 1.94. The molecule has 0 saturated carbocycles. The monoisotopic (exact) mass is 144 g/mol. The van der Waals surface area contributed by atoms with E-state index in [-0.39, 0.29) is 5.91 Å². The quantitative estimate of drug-likeness (QED) is 0.394. The van der Waals surface area contributed by atoms with Crippen molar-refractivity contribution in [2.24, 2.45) is 0 Å². The van der Waals surface area contributed by atoms with E-state index in [1.807, 2.05) is 0 Å². The molecule has 4 heteroatoms. The van der Waals surface area contributed by atoms with Crippen molar-refractivity contribution in [3.8, 4) is 0 Å². The number of amides is 2. The lowest BCUT2D eigenvalue weighted by Crippen LogP contribution is -2.20. The average Bonchev–Trinajstić information content (AvgIpc) is 1.98. The van der Waals surface area contributed by atoms with Crippen LogP contribution in [0.3, 0.4) is 0 Å². The molecule has 0 atom stereocenters. The van der Waals surface area contributed by atoms with Crippen LogP contribution in [0.15, 0.2) is 0 Å². The number of nitrogens with one attached hydrogen (secondary N) is 2. The van der Waals surface area contributed by atoms with Gasteiger partial charge in [-0.15, -0.1) is 0 Å². The molecule has 2 N–H and O–H groups in total. The predicted molar refractivity (Wildman–Crippen MR) is 37.4 cm³/mol. The number of carbonyl (C=O) groups is 2. The number of rotatable bonds is 5. The van der Waals surface area contributed by atoms with Gasteiger partial charge in [0.1, 0.15) is 0 Å². The maximum atomic E-state index is 10.5. The molecule has 0 aliphatic heterocycles. The van der Waals surface area contributed by atoms with Gasteiger partial charge in [0.05, 0.1) is 0 Å². The van der Waals surface area contributed by atoms with E-state index < -0.39 is 0 Å². The van der Waals surface area contributed by atoms with E-state index >= 15 is 0 Å². The summed E-state index contributed by atoms with van der Waals surface area (Å²) in [5.74, 6) is 0.00713. The summed E-state index contributed by atoms with van der Waals surface area (Å²) in [7, 11) is 1.59. The van der Waals surface area contributed by atoms with Gasteiger partial charge in [-0.1, -0.05) is 0 Å². The summed E-state index contributed by atoms with van der Waals surface area (Å²) in [6, 6.07) is 0. The summed E-state index contributed by atoms with van der Waals surface area (Å²) in [5, 5.41) is 4.95. The summed E-state index contributed by atoms with van der Waals surface area (Å²) in [4.78, 5) is 20.3. The molecular formula is C6H12N2O2. The Bertz CT molecular complexity index is 114. The fourth-order valence-corrected chi connectivity index (χ4v) is 0.535. The van der Waals surface area contributed by atoms with Gasteiger partial charge >= 0.3 is 0 Å². The summed E-state index contributed by atoms with van der Waals surface area (Å²) >= 11 is 0. The van der Waals surface area contributed by atoms with Gasteiger partial charge in [-0.2, -0.15) is 0 Å². The SMILES string of the molecule is CNC(=O)CCCNC=O. The molecule has 0 aromatic rings. The highest BCUT2D eigenvalue weighted by atomic mass is 16.1. The third-order valence-electron chi connectivity index (χ3n) is 1.09. The van der Waals surface area contributed by atoms with Crippen LogP contribution in [0, 0.1) is 0 Å². The molecule has 0 aliphatic rings. The third kappa shape index (κ3) is 5.08. The first-order chi connectivity index (χ1) is 4.81. The largest absolute Gasteiger partial charge is 0.359 e. The molecule has 4 nitrogen and oxygen atoms in total. The number of hydrogen-bond acceptors (Lipinski definition) is 2. The van der Waals surface area contributed by atoms with E-state index in [0.717, 1.165) is 0 Å². The molecule has 0 bridgehead atoms. The van der Waals surface area contributed by atoms with E-state index in [2.05, 4.69) is 10.6 Å². The first kappa shape index (κ1) is 8.94. The standard InChI is InChI=1S/C6H12N2O2/c1-7-6(10)3-2-4-8-5-9/h5H,2-4H2,1H3,(H,7,10)(H,8,9). The molecule has 0 aromatic heterocycles. The summed E-state index contributed by atoms with van der Waals surface area (Å²) in [6.07, 6.45) is 1.79. The number of hydrogen-bond donors (Lipinski definition) is 2. The molecule has 2 amide bonds. The molecular weight excluding hydrogens is 132 g/mol. The zero-order valence-corrected chi connectivity index (χ0v) is 6.02. The van der Waals surface area contributed by atoms with Crippen LogP contribution in [0.2, 0.25) is 0 Å². The molecule has 58 valence electrons. The first-order valence-electron chi connectivity index (χ1n) is 3.19. The highest BCUT2D eigenvalue weighted by molar-refractivity contribution is 5.75. The minimum Gasteiger partial charge on any atom is -0.359 e. The van der Waals surface area contributed by atoms with Crippen LogP contribution in [-0.4, -0.2) is 25.9 Å². The Hall–Kier alpha value is -1.06. The Balaban J connectivity index is 3.03. The van der Waals surface area contributed by atoms with E-state index in [9.17, 15) is 9.59 Å². The maximum Gasteiger partial charge on any atom is 0.219 e. The van der Waals surface area contributed by atoms with Gasteiger partial charge < -0.3 is 10.6 Å². The third-order valence-corrected chi connectivity index (χ3v) is 1.09. The van der Waals surface area contributed by atoms with Gasteiger partial charge in [0.2, 0.25) is 12.3 Å². The van der Waals surface area contributed by atoms with Crippen LogP contribution >= 0.6 is 0 Å². The fraction of sp³-hybridized carbons (Fsp3) is 0.667. The Morgan fingerprint density at radius 3 is 2.80 bits per heavy atom. The van der Waals surface area contributed by atoms with Crippen LogP contribution in [0.5, 0.6) is 0 Å². The van der Waals surface area contributed by atoms with Gasteiger partial charge in [0.15, 0.2) is 0 Å². The first-order valence-corrected chi connectivity index (χ1v) is 3.19. The molecule has 0 aliphatic carbocycles. The molecule has 0 rings (SSSR count). The van der Waals surface area contributed by atoms with E-state index in [0.29, 0.717) is 25.8 Å². The van der Waals surface area contributed by atoms with Gasteiger partial charge in [0.25, 0.3) is 0 Å². The van der Waals surface area contributed by atoms with Gasteiger partial charge in [-0.05, 0) is 6.42 Å². The number of carbonyl (C=O) groups excluding carboxylic acids is 2. The van der Waals surface area contributed by atoms with E-state index in [4.69, 9.17) is 0 Å². The normalized spacial score (nSPS) is 8.50. The van der Waals surface area contributed by atoms with Crippen LogP contribution < -0.4 is 10.6 Å². The second-order valence-corrected chi connectivity index (χ2v) is 1.85. The van der Waals surface area contributed by atoms with E-state index in [1.165, 1.54) is 0 Å². The fourth-order valence-electron chi connectivity index (χ4n) is 0.535. The molecule has 10 heavy (non-hydrogen) atoms. The van der Waals surface area contributed by atoms with Crippen molar-refractivity contribution < 1.29 is 9.59 Å². The van der Waals surface area contributed by atoms with Crippen molar-refractivity contribution in [1.29, 1.82) is 0 Å². The van der Waals surface area contributed by atoms with Crippen LogP contribution in [-0.2, 0) is 9.59 Å². The predicted octanol–water partition coefficient (Wildman–Crippen LogP) is -0.741. The lowest BCUT2D eigenvalue weighted by molar-refractivity contribution is -0.120. The Labute approximate surface area is 60.0 Å². The van der Waals surface area contributed by atoms with Crippen molar-refractivity contribution in [2.45, 2.75) is 12.8 Å². The van der Waals surface area contributed by atoms with Crippen LogP contribution in [0.25, 0.3) is 0 Å². The molecule has 0 saturated heterocycles. The molecule has 0 unspecified atom stereocenters. The Morgan fingerprint density at radius 2 is 2.30 bits per heavy atom. The van der Waals surface area contributed by atoms with Crippen molar-refractivity contribution in [3.63, 3.8) is 0 Å². The lowest BCUT2D eigenvalue weighted by atomic mass is 10.3. The molecule has 0 radical (unpaired) electrons. The smallest absolute Gasteiger partial charge is 0.219 e. The molecule has 0 fully saturated rings. The Morgan fingerprint density at radius 1 is 1.60 bits per heavy atom. The molecule has 0 aromatic carbocycles. The van der Waals surface area contributed by atoms with Crippen molar-refractivity contribution in [2.75, 3.05) is 13.6 Å². The lowest BCUT2D eigenvalue weighted by Gasteiger charge is -1.97. The van der Waals surface area contributed by atoms with Crippen molar-refractivity contribution in [3.05, 3.63) is 0 Å². The van der Waals surface area contributed by atoms with Gasteiger partial charge in [-0.3, -0.25) is 9.59 Å². The van der Waals surface area contributed by atoms with Gasteiger partial charge in [0, 0.05) is 20.0 Å². The molecule has 0 spiro atoms. The summed E-state index contributed by atoms with van der Waals surface area (Å²) < 4.78 is 0. The minimum absolute atomic E-state index is 0.00713. The summed E-state index contributed by atoms with van der Waals surface area (Å²) in [6.45, 7) is 0.566. The molecule has 0 heterocycles. The zero-order valence-electron chi connectivity index (χ0n) is 6.02. The zero-order chi connectivity index (χ0) is 7.82. The van der Waals surface area contributed by atoms with Crippen LogP contribution in [0.1, 0.15) is 12.8 Å². The maximum absolute atomic E-state index is 10.5. The topological polar surface area (TPSA) is 58.2 Å². The minimum atomic E-state index is 0.00713. The second kappa shape index (κ2) is 6.07. The summed E-state index contributed by atoms with van der Waals surface area (Å²) in [5.41, 5.74) is 0. The van der Waals surface area contributed by atoms with Crippen LogP contribution in [0.4, 0.5) is 0 Å². The van der Waals surface area contributed by atoms with Crippen molar-refractivity contribution >= 4 is 12.3 Å². The van der Waals surface area contributed by atoms with E-state index in [1.54, 1.807) is 7.05 Å². The highest BCUT2D eigenvalue weighted by Crippen LogP contribution is 1.84. The van der Waals surface area contributed by atoms with Gasteiger partial charge in [-0.25, -0.2) is 0 Å². The Kier molecular flexibility index (Phi) is 5.42.